The molecule has 172 valence electrons. The smallest absolute Gasteiger partial charge is 0.360 e. The second-order valence-corrected chi connectivity index (χ2v) is 9.35. The first-order valence-electron chi connectivity index (χ1n) is 12.3. The molecule has 7 aromatic rings. The Kier molecular flexibility index (Phi) is 4.15. The van der Waals surface area contributed by atoms with Crippen LogP contribution >= 0.6 is 0 Å². The normalized spacial score (nSPS) is 12.5. The lowest BCUT2D eigenvalue weighted by Gasteiger charge is -2.00. The van der Waals surface area contributed by atoms with Gasteiger partial charge >= 0.3 is 11.3 Å². The van der Waals surface area contributed by atoms with E-state index < -0.39 is 0 Å². The van der Waals surface area contributed by atoms with Crippen LogP contribution in [0.4, 0.5) is 0 Å². The Balaban J connectivity index is 1.72. The number of nitrogens with zero attached hydrogens (tertiary/aromatic N) is 2. The molecule has 0 amide bonds. The number of amidine groups is 1. The molecule has 0 atom stereocenters. The molecule has 0 fully saturated rings. The monoisotopic (exact) mass is 474 g/mol. The summed E-state index contributed by atoms with van der Waals surface area (Å²) in [5, 5.41) is 8.74. The zero-order valence-electron chi connectivity index (χ0n) is 19.8. The number of aromatic nitrogens is 1. The topological polar surface area (TPSA) is 55.4 Å². The third-order valence-corrected chi connectivity index (χ3v) is 7.14. The number of furan rings is 1. The van der Waals surface area contributed by atoms with Gasteiger partial charge in [-0.2, -0.15) is 0 Å². The largest absolute Gasteiger partial charge is 0.456 e. The molecule has 4 nitrogen and oxygen atoms in total. The molecule has 8 rings (SSSR count). The van der Waals surface area contributed by atoms with E-state index in [4.69, 9.17) is 14.1 Å². The number of rotatable bonds is 1. The van der Waals surface area contributed by atoms with Crippen molar-refractivity contribution in [3.8, 4) is 0 Å². The van der Waals surface area contributed by atoms with Gasteiger partial charge in [0.2, 0.25) is 0 Å². The minimum Gasteiger partial charge on any atom is -0.456 e. The highest BCUT2D eigenvalue weighted by Gasteiger charge is 2.17. The quantitative estimate of drug-likeness (QED) is 0.280. The van der Waals surface area contributed by atoms with E-state index in [0.717, 1.165) is 60.0 Å². The van der Waals surface area contributed by atoms with E-state index in [2.05, 4.69) is 77.8 Å². The van der Waals surface area contributed by atoms with E-state index in [1.165, 1.54) is 10.8 Å². The Bertz CT molecular complexity index is 2280. The fourth-order valence-electron chi connectivity index (χ4n) is 5.40. The maximum Gasteiger partial charge on any atom is 0.360 e. The molecule has 4 heteroatoms. The molecule has 0 unspecified atom stereocenters. The maximum atomic E-state index is 6.30. The lowest BCUT2D eigenvalue weighted by Crippen LogP contribution is -2.29. The third kappa shape index (κ3) is 3.10. The van der Waals surface area contributed by atoms with E-state index in [0.29, 0.717) is 5.84 Å². The zero-order valence-corrected chi connectivity index (χ0v) is 19.8. The van der Waals surface area contributed by atoms with E-state index in [9.17, 15) is 0 Å². The van der Waals surface area contributed by atoms with Crippen LogP contribution in [-0.4, -0.2) is 10.8 Å². The fraction of sp³-hybridized carbons (Fsp3) is 0. The lowest BCUT2D eigenvalue weighted by atomic mass is 10.0. The van der Waals surface area contributed by atoms with E-state index in [1.54, 1.807) is 0 Å². The predicted molar refractivity (Wildman–Crippen MR) is 151 cm³/mol. The number of H-pyrrole nitrogens is 1. The van der Waals surface area contributed by atoms with Gasteiger partial charge in [0.05, 0.1) is 16.3 Å². The lowest BCUT2D eigenvalue weighted by molar-refractivity contribution is 0.669. The summed E-state index contributed by atoms with van der Waals surface area (Å²) in [4.78, 5) is 8.59. The molecule has 6 bridgehead atoms. The van der Waals surface area contributed by atoms with Gasteiger partial charge in [-0.25, -0.2) is 9.65 Å². The van der Waals surface area contributed by atoms with E-state index >= 15 is 0 Å². The zero-order chi connectivity index (χ0) is 24.3. The van der Waals surface area contributed by atoms with Gasteiger partial charge in [0.25, 0.3) is 5.49 Å². The van der Waals surface area contributed by atoms with Gasteiger partial charge in [-0.3, -0.25) is 0 Å². The second kappa shape index (κ2) is 7.66. The number of hydrogen-bond donors (Lipinski definition) is 1. The molecule has 1 N–H and O–H groups in total. The van der Waals surface area contributed by atoms with Crippen LogP contribution in [0.3, 0.4) is 0 Å². The minimum absolute atomic E-state index is 0.676. The van der Waals surface area contributed by atoms with Crippen molar-refractivity contribution in [2.24, 2.45) is 4.99 Å². The standard InChI is InChI=1S/C33H19N3O/c1-2-8-20(9-3-1)31-34-32-23-11-6-10-21(18-23)24-12-4-5-13-25(24)22-16-17-28-27(19-22)30-26(33(35-31)36-32)14-7-15-29(30)37-28/h1-19H/p+1. The number of nitrogens with one attached hydrogen (secondary N) is 1. The number of fused-ring (bicyclic) bond motifs is 10. The van der Waals surface area contributed by atoms with Crippen LogP contribution in [-0.2, 0) is 0 Å². The summed E-state index contributed by atoms with van der Waals surface area (Å²) in [7, 11) is 0. The molecule has 37 heavy (non-hydrogen) atoms. The van der Waals surface area contributed by atoms with Gasteiger partial charge in [0.1, 0.15) is 11.2 Å². The summed E-state index contributed by atoms with van der Waals surface area (Å²) in [6.07, 6.45) is 0. The summed E-state index contributed by atoms with van der Waals surface area (Å²) >= 11 is 0. The van der Waals surface area contributed by atoms with Crippen molar-refractivity contribution >= 4 is 60.1 Å². The predicted octanol–water partition coefficient (Wildman–Crippen LogP) is 6.26. The van der Waals surface area contributed by atoms with Crippen molar-refractivity contribution in [1.82, 2.24) is 9.65 Å². The Hall–Kier alpha value is -5.18. The van der Waals surface area contributed by atoms with Crippen LogP contribution in [0.5, 0.6) is 0 Å². The summed E-state index contributed by atoms with van der Waals surface area (Å²) in [6, 6.07) is 39.8. The highest BCUT2D eigenvalue weighted by molar-refractivity contribution is 6.17. The Morgan fingerprint density at radius 1 is 0.568 bits per heavy atom. The Morgan fingerprint density at radius 3 is 2.16 bits per heavy atom. The van der Waals surface area contributed by atoms with Gasteiger partial charge < -0.3 is 4.42 Å². The Morgan fingerprint density at radius 2 is 1.30 bits per heavy atom. The molecule has 0 radical (unpaired) electrons. The van der Waals surface area contributed by atoms with E-state index in [-0.39, 0.29) is 0 Å². The molecule has 2 aromatic heterocycles. The van der Waals surface area contributed by atoms with Gasteiger partial charge in [0, 0.05) is 10.8 Å². The van der Waals surface area contributed by atoms with Crippen molar-refractivity contribution in [2.75, 3.05) is 0 Å². The molecule has 0 saturated carbocycles. The summed E-state index contributed by atoms with van der Waals surface area (Å²) in [5.74, 6) is 0.676. The van der Waals surface area contributed by atoms with Crippen molar-refractivity contribution < 1.29 is 4.42 Å². The molecule has 3 heterocycles. The summed E-state index contributed by atoms with van der Waals surface area (Å²) < 4.78 is 11.3. The average Bonchev–Trinajstić information content (AvgIpc) is 3.35. The van der Waals surface area contributed by atoms with Crippen LogP contribution in [0.25, 0.3) is 54.3 Å². The van der Waals surface area contributed by atoms with Gasteiger partial charge in [0.15, 0.2) is 0 Å². The number of benzene rings is 5. The van der Waals surface area contributed by atoms with Gasteiger partial charge in [-0.1, -0.05) is 71.7 Å². The first-order valence-corrected chi connectivity index (χ1v) is 12.3. The first kappa shape index (κ1) is 20.1. The Labute approximate surface area is 210 Å². The average molecular weight is 475 g/mol. The molecule has 0 aliphatic carbocycles. The second-order valence-electron chi connectivity index (χ2n) is 9.35. The third-order valence-electron chi connectivity index (χ3n) is 7.14. The van der Waals surface area contributed by atoms with Crippen molar-refractivity contribution in [1.29, 1.82) is 0 Å². The molecule has 1 aliphatic rings. The first-order chi connectivity index (χ1) is 18.3. The molecular formula is C33H20N3O+. The molecule has 0 spiro atoms. The van der Waals surface area contributed by atoms with E-state index in [1.807, 2.05) is 42.5 Å². The number of aromatic amines is 1. The summed E-state index contributed by atoms with van der Waals surface area (Å²) in [5.41, 5.74) is 4.19. The van der Waals surface area contributed by atoms with Crippen LogP contribution in [0.15, 0.2) is 125 Å². The SMILES string of the molecule is c1ccc(C2=[N+]=c3[nH]c(c4cccc5oc6ccc(cc6c54)c4ccccc4c4cccc3c4)=N2)cc1. The van der Waals surface area contributed by atoms with Crippen LogP contribution in [0.1, 0.15) is 5.56 Å². The highest BCUT2D eigenvalue weighted by Crippen LogP contribution is 2.33. The maximum absolute atomic E-state index is 6.30. The summed E-state index contributed by atoms with van der Waals surface area (Å²) in [6.45, 7) is 0. The minimum atomic E-state index is 0.676. The molecule has 0 saturated heterocycles. The van der Waals surface area contributed by atoms with Crippen molar-refractivity contribution in [3.63, 3.8) is 0 Å². The van der Waals surface area contributed by atoms with Crippen molar-refractivity contribution in [3.05, 3.63) is 132 Å². The highest BCUT2D eigenvalue weighted by atomic mass is 16.3. The van der Waals surface area contributed by atoms with Gasteiger partial charge in [-0.05, 0) is 70.1 Å². The fourth-order valence-corrected chi connectivity index (χ4v) is 5.40. The van der Waals surface area contributed by atoms with Gasteiger partial charge in [-0.15, -0.1) is 0 Å². The molecular weight excluding hydrogens is 454 g/mol. The van der Waals surface area contributed by atoms with Crippen molar-refractivity contribution in [2.45, 2.75) is 0 Å². The molecule has 1 aliphatic heterocycles. The van der Waals surface area contributed by atoms with Crippen LogP contribution in [0.2, 0.25) is 0 Å². The number of hydrogen-bond acceptors (Lipinski definition) is 2. The van der Waals surface area contributed by atoms with Crippen LogP contribution < -0.4 is 15.6 Å². The van der Waals surface area contributed by atoms with Crippen LogP contribution in [0, 0.1) is 0 Å². The molecule has 5 aromatic carbocycles.